The number of carboxylic acid groups (broad SMARTS) is 1. The Hall–Kier alpha value is -1.95. The summed E-state index contributed by atoms with van der Waals surface area (Å²) in [6, 6.07) is 7.63. The highest BCUT2D eigenvalue weighted by Crippen LogP contribution is 2.77. The van der Waals surface area contributed by atoms with E-state index in [4.69, 9.17) is 4.84 Å². The summed E-state index contributed by atoms with van der Waals surface area (Å²) in [5, 5.41) is 9.47. The van der Waals surface area contributed by atoms with Gasteiger partial charge in [0, 0.05) is 6.54 Å². The molecule has 0 aromatic heterocycles. The minimum atomic E-state index is -0.858. The highest BCUT2D eigenvalue weighted by molar-refractivity contribution is 5.88. The summed E-state index contributed by atoms with van der Waals surface area (Å²) in [7, 11) is 4.27. The normalized spacial score (nSPS) is 40.5. The Labute approximate surface area is 285 Å². The van der Waals surface area contributed by atoms with Gasteiger partial charge in [0.2, 0.25) is 0 Å². The lowest BCUT2D eigenvalue weighted by atomic mass is 9.32. The van der Waals surface area contributed by atoms with E-state index in [0.717, 1.165) is 38.5 Å². The van der Waals surface area contributed by atoms with Crippen molar-refractivity contribution in [2.24, 2.45) is 56.7 Å². The Morgan fingerprint density at radius 3 is 2.34 bits per heavy atom. The van der Waals surface area contributed by atoms with E-state index in [1.165, 1.54) is 68.1 Å². The largest absolute Gasteiger partial charge is 0.478 e. The van der Waals surface area contributed by atoms with Gasteiger partial charge in [-0.2, -0.15) is 0 Å². The summed E-state index contributed by atoms with van der Waals surface area (Å²) >= 11 is 0. The summed E-state index contributed by atoms with van der Waals surface area (Å²) in [5.74, 6) is 2.44. The molecule has 4 saturated carbocycles. The fourth-order valence-electron chi connectivity index (χ4n) is 13.2. The van der Waals surface area contributed by atoms with Gasteiger partial charge in [0.1, 0.15) is 0 Å². The highest BCUT2D eigenvalue weighted by Gasteiger charge is 2.70. The molecule has 0 heterocycles. The quantitative estimate of drug-likeness (QED) is 0.151. The second kappa shape index (κ2) is 12.4. The van der Waals surface area contributed by atoms with E-state index in [1.54, 1.807) is 12.1 Å². The lowest BCUT2D eigenvalue weighted by Crippen LogP contribution is -2.65. The SMILES string of the molecule is C=C(C)[C@@H]1CC[C@]2(CONCCCN(C)C)CC[C@]3(C)C(CCC4[C@@]5(C)CC=C(c6ccc(C(=O)O)cc6)C(C)(C)C5CC[C@]43C)C12. The van der Waals surface area contributed by atoms with Gasteiger partial charge in [-0.25, -0.2) is 10.3 Å². The first-order chi connectivity index (χ1) is 22.1. The number of aromatic carboxylic acids is 1. The van der Waals surface area contributed by atoms with Crippen molar-refractivity contribution >= 4 is 11.5 Å². The third-order valence-corrected chi connectivity index (χ3v) is 15.6. The molecule has 0 spiro atoms. The van der Waals surface area contributed by atoms with Gasteiger partial charge >= 0.3 is 5.97 Å². The van der Waals surface area contributed by atoms with Crippen LogP contribution in [0.25, 0.3) is 5.57 Å². The molecule has 0 aliphatic heterocycles. The number of carboxylic acids is 1. The predicted octanol–water partition coefficient (Wildman–Crippen LogP) is 9.51. The third kappa shape index (κ3) is 5.50. The number of hydrogen-bond donors (Lipinski definition) is 2. The molecule has 2 N–H and O–H groups in total. The van der Waals surface area contributed by atoms with Crippen molar-refractivity contribution in [3.8, 4) is 0 Å². The monoisotopic (exact) mass is 644 g/mol. The van der Waals surface area contributed by atoms with Gasteiger partial charge in [-0.15, -0.1) is 0 Å². The molecule has 0 amide bonds. The van der Waals surface area contributed by atoms with E-state index in [0.29, 0.717) is 40.1 Å². The summed E-state index contributed by atoms with van der Waals surface area (Å²) < 4.78 is 0. The standard InChI is InChI=1S/C42H64N2O3/c1-28(2)31-17-22-42(27-47-43-25-10-26-44(8)9)24-23-40(6)33(36(31)42)15-16-35-39(5)20-18-32(29-11-13-30(14-12-29)37(45)46)38(3,4)34(39)19-21-41(35,40)7/h11-14,18,31,33-36,43H,1,10,15-17,19-27H2,2-9H3,(H,45,46)/t31-,33?,34?,35?,36?,39-,40+,41+,42+/m0/s1. The van der Waals surface area contributed by atoms with E-state index < -0.39 is 5.97 Å². The molecule has 0 saturated heterocycles. The van der Waals surface area contributed by atoms with Gasteiger partial charge in [-0.05, 0) is 172 Å². The molecule has 6 rings (SSSR count). The van der Waals surface area contributed by atoms with Crippen LogP contribution in [0, 0.1) is 56.7 Å². The first-order valence-electron chi connectivity index (χ1n) is 18.8. The number of carbonyl (C=O) groups is 1. The van der Waals surface area contributed by atoms with Crippen molar-refractivity contribution in [3.63, 3.8) is 0 Å². The Morgan fingerprint density at radius 1 is 0.957 bits per heavy atom. The van der Waals surface area contributed by atoms with Crippen LogP contribution in [0.2, 0.25) is 0 Å². The Kier molecular flexibility index (Phi) is 9.23. The number of benzene rings is 1. The number of allylic oxidation sites excluding steroid dienone is 3. The number of hydroxylamine groups is 1. The van der Waals surface area contributed by atoms with E-state index >= 15 is 0 Å². The molecule has 4 fully saturated rings. The van der Waals surface area contributed by atoms with Crippen LogP contribution in [-0.2, 0) is 4.84 Å². The Morgan fingerprint density at radius 2 is 1.68 bits per heavy atom. The summed E-state index contributed by atoms with van der Waals surface area (Å²) in [6.07, 6.45) is 15.1. The molecule has 4 unspecified atom stereocenters. The molecular formula is C42H64N2O3. The lowest BCUT2D eigenvalue weighted by molar-refractivity contribution is -0.231. The maximum Gasteiger partial charge on any atom is 0.335 e. The lowest BCUT2D eigenvalue weighted by Gasteiger charge is -2.72. The van der Waals surface area contributed by atoms with Crippen LogP contribution in [0.1, 0.15) is 122 Å². The van der Waals surface area contributed by atoms with Crippen LogP contribution < -0.4 is 5.48 Å². The van der Waals surface area contributed by atoms with Crippen LogP contribution in [0.4, 0.5) is 0 Å². The van der Waals surface area contributed by atoms with Gasteiger partial charge in [-0.3, -0.25) is 0 Å². The number of hydrogen-bond acceptors (Lipinski definition) is 4. The molecule has 5 heteroatoms. The van der Waals surface area contributed by atoms with Crippen molar-refractivity contribution in [3.05, 3.63) is 53.6 Å². The Bertz CT molecular complexity index is 1380. The second-order valence-electron chi connectivity index (χ2n) is 18.3. The molecule has 1 aromatic carbocycles. The zero-order valence-corrected chi connectivity index (χ0v) is 30.9. The first kappa shape index (κ1) is 34.9. The van der Waals surface area contributed by atoms with Crippen molar-refractivity contribution in [2.75, 3.05) is 33.8 Å². The van der Waals surface area contributed by atoms with Crippen LogP contribution in [0.5, 0.6) is 0 Å². The molecule has 0 bridgehead atoms. The number of nitrogens with zero attached hydrogens (tertiary/aromatic N) is 1. The van der Waals surface area contributed by atoms with Crippen LogP contribution >= 0.6 is 0 Å². The summed E-state index contributed by atoms with van der Waals surface area (Å²) in [5.41, 5.74) is 8.89. The fraction of sp³-hybridized carbons (Fsp3) is 0.738. The van der Waals surface area contributed by atoms with Gasteiger partial charge in [0.05, 0.1) is 12.2 Å². The molecule has 47 heavy (non-hydrogen) atoms. The van der Waals surface area contributed by atoms with E-state index in [9.17, 15) is 9.90 Å². The third-order valence-electron chi connectivity index (χ3n) is 15.6. The fourth-order valence-corrected chi connectivity index (χ4v) is 13.2. The highest BCUT2D eigenvalue weighted by atomic mass is 16.6. The zero-order valence-electron chi connectivity index (χ0n) is 30.9. The van der Waals surface area contributed by atoms with Gasteiger partial charge < -0.3 is 14.8 Å². The van der Waals surface area contributed by atoms with Gasteiger partial charge in [0.15, 0.2) is 0 Å². The minimum Gasteiger partial charge on any atom is -0.478 e. The van der Waals surface area contributed by atoms with Crippen molar-refractivity contribution in [2.45, 2.75) is 106 Å². The van der Waals surface area contributed by atoms with E-state index in [1.807, 2.05) is 12.1 Å². The summed E-state index contributed by atoms with van der Waals surface area (Å²) in [4.78, 5) is 20.1. The smallest absolute Gasteiger partial charge is 0.335 e. The molecule has 5 aliphatic carbocycles. The maximum absolute atomic E-state index is 11.5. The molecule has 260 valence electrons. The molecule has 0 radical (unpaired) electrons. The topological polar surface area (TPSA) is 61.8 Å². The first-order valence-corrected chi connectivity index (χ1v) is 18.8. The molecular weight excluding hydrogens is 580 g/mol. The number of rotatable bonds is 10. The van der Waals surface area contributed by atoms with Gasteiger partial charge in [0.25, 0.3) is 0 Å². The van der Waals surface area contributed by atoms with Gasteiger partial charge in [-0.1, -0.05) is 65.0 Å². The molecule has 5 aliphatic rings. The predicted molar refractivity (Wildman–Crippen MR) is 193 cm³/mol. The Balaban J connectivity index is 1.26. The van der Waals surface area contributed by atoms with Crippen molar-refractivity contribution < 1.29 is 14.7 Å². The zero-order chi connectivity index (χ0) is 34.0. The van der Waals surface area contributed by atoms with Crippen molar-refractivity contribution in [1.29, 1.82) is 0 Å². The summed E-state index contributed by atoms with van der Waals surface area (Å²) in [6.45, 7) is 22.8. The average Bonchev–Trinajstić information content (AvgIpc) is 3.39. The average molecular weight is 645 g/mol. The van der Waals surface area contributed by atoms with Crippen LogP contribution in [0.15, 0.2) is 42.5 Å². The van der Waals surface area contributed by atoms with E-state index in [2.05, 4.69) is 78.7 Å². The number of fused-ring (bicyclic) bond motifs is 7. The molecule has 1 aromatic rings. The van der Waals surface area contributed by atoms with Crippen LogP contribution in [0.3, 0.4) is 0 Å². The molecule has 9 atom stereocenters. The maximum atomic E-state index is 11.5. The van der Waals surface area contributed by atoms with E-state index in [-0.39, 0.29) is 16.2 Å². The minimum absolute atomic E-state index is 0.0337. The van der Waals surface area contributed by atoms with Crippen molar-refractivity contribution in [1.82, 2.24) is 10.4 Å². The second-order valence-corrected chi connectivity index (χ2v) is 18.3. The van der Waals surface area contributed by atoms with Crippen LogP contribution in [-0.4, -0.2) is 49.8 Å². The molecule has 5 nitrogen and oxygen atoms in total. The number of nitrogens with one attached hydrogen (secondary N) is 1.